The van der Waals surface area contributed by atoms with Crippen LogP contribution in [-0.4, -0.2) is 11.6 Å². The lowest BCUT2D eigenvalue weighted by Crippen LogP contribution is -2.35. The summed E-state index contributed by atoms with van der Waals surface area (Å²) in [6.07, 6.45) is 5.12. The summed E-state index contributed by atoms with van der Waals surface area (Å²) in [5.74, 6) is -0.0843. The van der Waals surface area contributed by atoms with Gasteiger partial charge in [-0.25, -0.2) is 0 Å². The van der Waals surface area contributed by atoms with Gasteiger partial charge in [0.25, 0.3) is 0 Å². The Balaban J connectivity index is 4.41. The highest BCUT2D eigenvalue weighted by Gasteiger charge is 2.30. The molecule has 2 heteroatoms. The first-order valence-corrected chi connectivity index (χ1v) is 6.24. The highest BCUT2D eigenvalue weighted by atomic mass is 16.6. The number of carbonyl (C=O) groups is 1. The number of hydrogen-bond acceptors (Lipinski definition) is 2. The standard InChI is InChI=1S/C13H26O2/c1-6-9-10-13(7-2,8-3)15-12(14)11(4)5/h11H,6-10H2,1-5H3. The summed E-state index contributed by atoms with van der Waals surface area (Å²) in [4.78, 5) is 11.6. The van der Waals surface area contributed by atoms with Crippen LogP contribution < -0.4 is 0 Å². The average molecular weight is 214 g/mol. The summed E-state index contributed by atoms with van der Waals surface area (Å²) < 4.78 is 5.66. The van der Waals surface area contributed by atoms with E-state index in [9.17, 15) is 4.79 Å². The summed E-state index contributed by atoms with van der Waals surface area (Å²) >= 11 is 0. The van der Waals surface area contributed by atoms with Crippen LogP contribution >= 0.6 is 0 Å². The van der Waals surface area contributed by atoms with E-state index >= 15 is 0 Å². The van der Waals surface area contributed by atoms with Crippen molar-refractivity contribution in [2.24, 2.45) is 5.92 Å². The molecule has 0 aliphatic rings. The van der Waals surface area contributed by atoms with Gasteiger partial charge in [0, 0.05) is 0 Å². The first kappa shape index (κ1) is 14.5. The van der Waals surface area contributed by atoms with Gasteiger partial charge in [-0.1, -0.05) is 41.0 Å². The van der Waals surface area contributed by atoms with E-state index in [-0.39, 0.29) is 17.5 Å². The molecule has 0 heterocycles. The van der Waals surface area contributed by atoms with Gasteiger partial charge in [0.2, 0.25) is 0 Å². The summed E-state index contributed by atoms with van der Waals surface area (Å²) in [7, 11) is 0. The maximum atomic E-state index is 11.6. The van der Waals surface area contributed by atoms with Crippen molar-refractivity contribution in [2.45, 2.75) is 72.3 Å². The Morgan fingerprint density at radius 3 is 2.07 bits per heavy atom. The molecule has 0 aliphatic carbocycles. The number of rotatable bonds is 7. The van der Waals surface area contributed by atoms with Crippen LogP contribution in [-0.2, 0) is 9.53 Å². The second kappa shape index (κ2) is 6.86. The molecule has 0 spiro atoms. The molecule has 0 rings (SSSR count). The van der Waals surface area contributed by atoms with Gasteiger partial charge < -0.3 is 4.74 Å². The van der Waals surface area contributed by atoms with Crippen LogP contribution in [0, 0.1) is 5.92 Å². The molecule has 0 aromatic rings. The van der Waals surface area contributed by atoms with E-state index in [1.165, 1.54) is 0 Å². The molecule has 0 radical (unpaired) electrons. The Morgan fingerprint density at radius 1 is 1.20 bits per heavy atom. The van der Waals surface area contributed by atoms with E-state index in [2.05, 4.69) is 20.8 Å². The second-order valence-corrected chi connectivity index (χ2v) is 4.57. The van der Waals surface area contributed by atoms with Gasteiger partial charge in [0.1, 0.15) is 5.60 Å². The zero-order valence-corrected chi connectivity index (χ0v) is 10.9. The average Bonchev–Trinajstić information content (AvgIpc) is 2.24. The predicted octanol–water partition coefficient (Wildman–Crippen LogP) is 3.93. The third kappa shape index (κ3) is 4.67. The highest BCUT2D eigenvalue weighted by molar-refractivity contribution is 5.72. The molecule has 0 aromatic heterocycles. The molecule has 0 saturated carbocycles. The predicted molar refractivity (Wildman–Crippen MR) is 63.8 cm³/mol. The maximum Gasteiger partial charge on any atom is 0.308 e. The fraction of sp³-hybridized carbons (Fsp3) is 0.923. The van der Waals surface area contributed by atoms with Crippen molar-refractivity contribution in [3.8, 4) is 0 Å². The highest BCUT2D eigenvalue weighted by Crippen LogP contribution is 2.28. The molecule has 90 valence electrons. The Hall–Kier alpha value is -0.530. The monoisotopic (exact) mass is 214 g/mol. The Bertz CT molecular complexity index is 181. The molecular weight excluding hydrogens is 188 g/mol. The van der Waals surface area contributed by atoms with Crippen LogP contribution in [0.15, 0.2) is 0 Å². The molecule has 0 aromatic carbocycles. The lowest BCUT2D eigenvalue weighted by atomic mass is 9.90. The molecule has 15 heavy (non-hydrogen) atoms. The largest absolute Gasteiger partial charge is 0.459 e. The van der Waals surface area contributed by atoms with Gasteiger partial charge in [-0.05, 0) is 25.7 Å². The van der Waals surface area contributed by atoms with Crippen molar-refractivity contribution in [1.29, 1.82) is 0 Å². The Kier molecular flexibility index (Phi) is 6.62. The number of unbranched alkanes of at least 4 members (excludes halogenated alkanes) is 1. The first-order valence-electron chi connectivity index (χ1n) is 6.24. The summed E-state index contributed by atoms with van der Waals surface area (Å²) in [6.45, 7) is 10.1. The zero-order valence-electron chi connectivity index (χ0n) is 10.9. The SMILES string of the molecule is CCCCC(CC)(CC)OC(=O)C(C)C. The van der Waals surface area contributed by atoms with Crippen LogP contribution in [0.3, 0.4) is 0 Å². The van der Waals surface area contributed by atoms with Gasteiger partial charge in [0.05, 0.1) is 5.92 Å². The number of esters is 1. The van der Waals surface area contributed by atoms with E-state index in [0.717, 1.165) is 32.1 Å². The minimum atomic E-state index is -0.211. The summed E-state index contributed by atoms with van der Waals surface area (Å²) in [5.41, 5.74) is -0.211. The van der Waals surface area contributed by atoms with E-state index in [1.807, 2.05) is 13.8 Å². The van der Waals surface area contributed by atoms with Crippen molar-refractivity contribution in [1.82, 2.24) is 0 Å². The van der Waals surface area contributed by atoms with Gasteiger partial charge >= 0.3 is 5.97 Å². The third-order valence-corrected chi connectivity index (χ3v) is 3.06. The minimum absolute atomic E-state index is 0.0240. The molecule has 2 nitrogen and oxygen atoms in total. The van der Waals surface area contributed by atoms with Gasteiger partial charge in [-0.2, -0.15) is 0 Å². The van der Waals surface area contributed by atoms with Crippen molar-refractivity contribution < 1.29 is 9.53 Å². The van der Waals surface area contributed by atoms with Crippen molar-refractivity contribution in [3.63, 3.8) is 0 Å². The molecule has 0 saturated heterocycles. The Morgan fingerprint density at radius 2 is 1.73 bits per heavy atom. The summed E-state index contributed by atoms with van der Waals surface area (Å²) in [6, 6.07) is 0. The molecule has 0 fully saturated rings. The van der Waals surface area contributed by atoms with E-state index in [4.69, 9.17) is 4.74 Å². The quantitative estimate of drug-likeness (QED) is 0.600. The fourth-order valence-corrected chi connectivity index (χ4v) is 1.63. The summed E-state index contributed by atoms with van der Waals surface area (Å²) in [5, 5.41) is 0. The van der Waals surface area contributed by atoms with Gasteiger partial charge in [0.15, 0.2) is 0 Å². The van der Waals surface area contributed by atoms with Crippen LogP contribution in [0.5, 0.6) is 0 Å². The molecular formula is C13H26O2. The molecule has 0 aliphatic heterocycles. The van der Waals surface area contributed by atoms with Crippen LogP contribution in [0.25, 0.3) is 0 Å². The van der Waals surface area contributed by atoms with Gasteiger partial charge in [-0.15, -0.1) is 0 Å². The molecule has 0 bridgehead atoms. The van der Waals surface area contributed by atoms with Crippen molar-refractivity contribution in [2.75, 3.05) is 0 Å². The molecule has 0 unspecified atom stereocenters. The smallest absolute Gasteiger partial charge is 0.308 e. The first-order chi connectivity index (χ1) is 7.01. The topological polar surface area (TPSA) is 26.3 Å². The third-order valence-electron chi connectivity index (χ3n) is 3.06. The van der Waals surface area contributed by atoms with Gasteiger partial charge in [-0.3, -0.25) is 4.79 Å². The number of hydrogen-bond donors (Lipinski definition) is 0. The number of ether oxygens (including phenoxy) is 1. The van der Waals surface area contributed by atoms with E-state index in [1.54, 1.807) is 0 Å². The van der Waals surface area contributed by atoms with Crippen LogP contribution in [0.1, 0.15) is 66.7 Å². The maximum absolute atomic E-state index is 11.6. The number of carbonyl (C=O) groups excluding carboxylic acids is 1. The Labute approximate surface area is 94.4 Å². The van der Waals surface area contributed by atoms with Crippen LogP contribution in [0.2, 0.25) is 0 Å². The normalized spacial score (nSPS) is 11.9. The van der Waals surface area contributed by atoms with Crippen molar-refractivity contribution in [3.05, 3.63) is 0 Å². The molecule has 0 atom stereocenters. The van der Waals surface area contributed by atoms with E-state index < -0.39 is 0 Å². The lowest BCUT2D eigenvalue weighted by Gasteiger charge is -2.32. The lowest BCUT2D eigenvalue weighted by molar-refractivity contribution is -0.165. The minimum Gasteiger partial charge on any atom is -0.459 e. The van der Waals surface area contributed by atoms with Crippen molar-refractivity contribution >= 4 is 5.97 Å². The zero-order chi connectivity index (χ0) is 11.9. The van der Waals surface area contributed by atoms with Crippen LogP contribution in [0.4, 0.5) is 0 Å². The molecule has 0 amide bonds. The second-order valence-electron chi connectivity index (χ2n) is 4.57. The van der Waals surface area contributed by atoms with E-state index in [0.29, 0.717) is 0 Å². The molecule has 0 N–H and O–H groups in total. The fourth-order valence-electron chi connectivity index (χ4n) is 1.63.